The highest BCUT2D eigenvalue weighted by atomic mass is 16.5. The molecule has 4 rings (SSSR count). The van der Waals surface area contributed by atoms with E-state index in [2.05, 4.69) is 10.3 Å². The van der Waals surface area contributed by atoms with E-state index < -0.39 is 17.9 Å². The number of carboxylic acid groups (broad SMARTS) is 1. The minimum absolute atomic E-state index is 0.0273. The Labute approximate surface area is 163 Å². The Bertz CT molecular complexity index is 792. The molecule has 1 unspecified atom stereocenters. The number of aliphatic hydroxyl groups is 1. The fourth-order valence-corrected chi connectivity index (χ4v) is 3.85. The summed E-state index contributed by atoms with van der Waals surface area (Å²) in [6, 6.07) is 12.6. The van der Waals surface area contributed by atoms with Gasteiger partial charge >= 0.3 is 5.97 Å². The highest BCUT2D eigenvalue weighted by Gasteiger charge is 2.56. The Morgan fingerprint density at radius 2 is 2.11 bits per heavy atom. The summed E-state index contributed by atoms with van der Waals surface area (Å²) in [5, 5.41) is 22.7. The van der Waals surface area contributed by atoms with Crippen molar-refractivity contribution in [3.05, 3.63) is 59.8 Å². The van der Waals surface area contributed by atoms with Gasteiger partial charge < -0.3 is 25.0 Å². The van der Waals surface area contributed by atoms with Crippen molar-refractivity contribution in [3.63, 3.8) is 0 Å². The number of nitrogens with zero attached hydrogens (tertiary/aromatic N) is 1. The van der Waals surface area contributed by atoms with Crippen LogP contribution in [0.4, 0.5) is 0 Å². The SMILES string of the molecule is O=C(O)[C@H]1C(N[C@@H](CO)c2ccc(O[C@@H]3CCOC3)nc2)[C@@H]1c1ccccc1. The monoisotopic (exact) mass is 384 g/mol. The van der Waals surface area contributed by atoms with Crippen LogP contribution in [0.2, 0.25) is 0 Å². The average Bonchev–Trinajstić information content (AvgIpc) is 3.21. The quantitative estimate of drug-likeness (QED) is 0.637. The lowest BCUT2D eigenvalue weighted by Crippen LogP contribution is -2.29. The number of nitrogens with one attached hydrogen (secondary N) is 1. The smallest absolute Gasteiger partial charge is 0.308 e. The van der Waals surface area contributed by atoms with Crippen molar-refractivity contribution in [3.8, 4) is 5.88 Å². The maximum atomic E-state index is 11.6. The topological polar surface area (TPSA) is 101 Å². The summed E-state index contributed by atoms with van der Waals surface area (Å²) in [6.45, 7) is 1.13. The molecule has 7 heteroatoms. The van der Waals surface area contributed by atoms with E-state index in [1.165, 1.54) is 0 Å². The third kappa shape index (κ3) is 4.01. The number of hydrogen-bond donors (Lipinski definition) is 3. The molecule has 3 N–H and O–H groups in total. The third-order valence-electron chi connectivity index (χ3n) is 5.40. The lowest BCUT2D eigenvalue weighted by atomic mass is 10.1. The number of carboxylic acids is 1. The molecule has 2 heterocycles. The molecule has 2 aromatic rings. The van der Waals surface area contributed by atoms with Gasteiger partial charge in [-0.15, -0.1) is 0 Å². The molecule has 0 radical (unpaired) electrons. The number of hydrogen-bond acceptors (Lipinski definition) is 6. The van der Waals surface area contributed by atoms with Crippen LogP contribution in [-0.4, -0.2) is 53.1 Å². The first-order chi connectivity index (χ1) is 13.7. The zero-order valence-electron chi connectivity index (χ0n) is 15.4. The predicted octanol–water partition coefficient (Wildman–Crippen LogP) is 1.74. The van der Waals surface area contributed by atoms with E-state index in [0.717, 1.165) is 17.5 Å². The van der Waals surface area contributed by atoms with Gasteiger partial charge in [0.05, 0.1) is 31.8 Å². The fourth-order valence-electron chi connectivity index (χ4n) is 3.85. The van der Waals surface area contributed by atoms with E-state index in [0.29, 0.717) is 19.1 Å². The predicted molar refractivity (Wildman–Crippen MR) is 101 cm³/mol. The molecule has 0 spiro atoms. The van der Waals surface area contributed by atoms with Crippen LogP contribution in [0.5, 0.6) is 5.88 Å². The molecule has 1 aromatic heterocycles. The van der Waals surface area contributed by atoms with Gasteiger partial charge in [0.2, 0.25) is 5.88 Å². The second-order valence-corrected chi connectivity index (χ2v) is 7.26. The Morgan fingerprint density at radius 1 is 1.29 bits per heavy atom. The van der Waals surface area contributed by atoms with Crippen LogP contribution in [0, 0.1) is 5.92 Å². The van der Waals surface area contributed by atoms with Crippen molar-refractivity contribution in [1.29, 1.82) is 0 Å². The van der Waals surface area contributed by atoms with Gasteiger partial charge in [-0.25, -0.2) is 4.98 Å². The molecule has 2 fully saturated rings. The van der Waals surface area contributed by atoms with Crippen LogP contribution in [0.3, 0.4) is 0 Å². The average molecular weight is 384 g/mol. The Kier molecular flexibility index (Phi) is 5.57. The molecule has 5 atom stereocenters. The van der Waals surface area contributed by atoms with Gasteiger partial charge in [0.15, 0.2) is 0 Å². The minimum Gasteiger partial charge on any atom is -0.481 e. The number of aliphatic hydroxyl groups excluding tert-OH is 1. The summed E-state index contributed by atoms with van der Waals surface area (Å²) in [6.07, 6.45) is 2.54. The number of carbonyl (C=O) groups is 1. The molecule has 1 saturated heterocycles. The van der Waals surface area contributed by atoms with E-state index in [-0.39, 0.29) is 24.7 Å². The van der Waals surface area contributed by atoms with E-state index >= 15 is 0 Å². The van der Waals surface area contributed by atoms with E-state index in [1.54, 1.807) is 12.3 Å². The summed E-state index contributed by atoms with van der Waals surface area (Å²) in [5.74, 6) is -0.920. The van der Waals surface area contributed by atoms with Crippen molar-refractivity contribution in [2.45, 2.75) is 30.5 Å². The first kappa shape index (κ1) is 18.9. The van der Waals surface area contributed by atoms with Gasteiger partial charge in [-0.05, 0) is 11.1 Å². The van der Waals surface area contributed by atoms with Crippen LogP contribution in [0.25, 0.3) is 0 Å². The number of ether oxygens (including phenoxy) is 2. The summed E-state index contributed by atoms with van der Waals surface area (Å²) < 4.78 is 11.1. The molecular weight excluding hydrogens is 360 g/mol. The number of aliphatic carboxylic acids is 1. The zero-order valence-corrected chi connectivity index (χ0v) is 15.4. The molecule has 0 amide bonds. The number of benzene rings is 1. The summed E-state index contributed by atoms with van der Waals surface area (Å²) in [7, 11) is 0. The van der Waals surface area contributed by atoms with Crippen LogP contribution in [-0.2, 0) is 9.53 Å². The highest BCUT2D eigenvalue weighted by molar-refractivity contribution is 5.77. The first-order valence-electron chi connectivity index (χ1n) is 9.52. The van der Waals surface area contributed by atoms with Crippen molar-refractivity contribution in [1.82, 2.24) is 10.3 Å². The standard InChI is InChI=1S/C21H24N2O5/c24-11-16(14-6-7-17(22-10-14)28-15-8-9-27-12-15)23-20-18(19(20)21(25)26)13-4-2-1-3-5-13/h1-7,10,15-16,18-20,23-24H,8-9,11-12H2,(H,25,26)/t15-,16+,18-,19-,20?/m1/s1. The van der Waals surface area contributed by atoms with Gasteiger partial charge in [-0.1, -0.05) is 36.4 Å². The summed E-state index contributed by atoms with van der Waals surface area (Å²) >= 11 is 0. The van der Waals surface area contributed by atoms with Crippen molar-refractivity contribution in [2.24, 2.45) is 5.92 Å². The molecule has 2 aliphatic rings. The van der Waals surface area contributed by atoms with Gasteiger partial charge in [-0.2, -0.15) is 0 Å². The maximum Gasteiger partial charge on any atom is 0.308 e. The molecule has 1 aliphatic carbocycles. The highest BCUT2D eigenvalue weighted by Crippen LogP contribution is 2.48. The molecule has 7 nitrogen and oxygen atoms in total. The number of aromatic nitrogens is 1. The number of pyridine rings is 1. The minimum atomic E-state index is -0.830. The molecule has 1 aromatic carbocycles. The van der Waals surface area contributed by atoms with E-state index in [4.69, 9.17) is 9.47 Å². The van der Waals surface area contributed by atoms with Crippen LogP contribution in [0.1, 0.15) is 29.5 Å². The Hall–Kier alpha value is -2.48. The molecular formula is C21H24N2O5. The van der Waals surface area contributed by atoms with Gasteiger partial charge in [0, 0.05) is 30.6 Å². The second kappa shape index (κ2) is 8.26. The Morgan fingerprint density at radius 3 is 2.71 bits per heavy atom. The van der Waals surface area contributed by atoms with E-state index in [1.807, 2.05) is 36.4 Å². The molecule has 0 bridgehead atoms. The normalized spacial score (nSPS) is 27.3. The lowest BCUT2D eigenvalue weighted by molar-refractivity contribution is -0.138. The van der Waals surface area contributed by atoms with Crippen LogP contribution >= 0.6 is 0 Å². The van der Waals surface area contributed by atoms with Gasteiger partial charge in [0.25, 0.3) is 0 Å². The molecule has 28 heavy (non-hydrogen) atoms. The first-order valence-corrected chi connectivity index (χ1v) is 9.52. The second-order valence-electron chi connectivity index (χ2n) is 7.26. The van der Waals surface area contributed by atoms with Crippen LogP contribution < -0.4 is 10.1 Å². The molecule has 148 valence electrons. The van der Waals surface area contributed by atoms with Crippen LogP contribution in [0.15, 0.2) is 48.7 Å². The largest absolute Gasteiger partial charge is 0.481 e. The maximum absolute atomic E-state index is 11.6. The Balaban J connectivity index is 1.43. The van der Waals surface area contributed by atoms with Gasteiger partial charge in [0.1, 0.15) is 6.10 Å². The van der Waals surface area contributed by atoms with Crippen molar-refractivity contribution in [2.75, 3.05) is 19.8 Å². The van der Waals surface area contributed by atoms with Crippen molar-refractivity contribution < 1.29 is 24.5 Å². The van der Waals surface area contributed by atoms with Gasteiger partial charge in [-0.3, -0.25) is 4.79 Å². The van der Waals surface area contributed by atoms with Crippen molar-refractivity contribution >= 4 is 5.97 Å². The third-order valence-corrected chi connectivity index (χ3v) is 5.40. The molecule has 1 aliphatic heterocycles. The fraction of sp³-hybridized carbons (Fsp3) is 0.429. The zero-order chi connectivity index (χ0) is 19.5. The van der Waals surface area contributed by atoms with E-state index in [9.17, 15) is 15.0 Å². The lowest BCUT2D eigenvalue weighted by Gasteiger charge is -2.17. The summed E-state index contributed by atoms with van der Waals surface area (Å²) in [5.41, 5.74) is 1.78. The number of rotatable bonds is 8. The summed E-state index contributed by atoms with van der Waals surface area (Å²) in [4.78, 5) is 16.0. The molecule has 1 saturated carbocycles.